The monoisotopic (exact) mass is 517 g/mol. The second kappa shape index (κ2) is 10.5. The lowest BCUT2D eigenvalue weighted by Gasteiger charge is -2.22. The molecule has 0 N–H and O–H groups in total. The van der Waals surface area contributed by atoms with Crippen molar-refractivity contribution in [1.29, 1.82) is 0 Å². The third-order valence-corrected chi connectivity index (χ3v) is 7.80. The Morgan fingerprint density at radius 2 is 1.62 bits per heavy atom. The highest BCUT2D eigenvalue weighted by atomic mass is 32.2. The van der Waals surface area contributed by atoms with E-state index in [2.05, 4.69) is 4.98 Å². The van der Waals surface area contributed by atoms with Crippen molar-refractivity contribution in [2.75, 3.05) is 13.3 Å². The van der Waals surface area contributed by atoms with Crippen LogP contribution in [-0.2, 0) is 28.7 Å². The zero-order valence-corrected chi connectivity index (χ0v) is 21.2. The van der Waals surface area contributed by atoms with Crippen LogP contribution in [0.15, 0.2) is 90.2 Å². The summed E-state index contributed by atoms with van der Waals surface area (Å²) >= 11 is 0. The van der Waals surface area contributed by atoms with Gasteiger partial charge in [-0.2, -0.15) is 0 Å². The molecule has 0 spiro atoms. The summed E-state index contributed by atoms with van der Waals surface area (Å²) in [4.78, 5) is 19.4. The van der Waals surface area contributed by atoms with Crippen LogP contribution >= 0.6 is 0 Å². The van der Waals surface area contributed by atoms with Gasteiger partial charge >= 0.3 is 0 Å². The Kier molecular flexibility index (Phi) is 6.96. The first kappa shape index (κ1) is 24.6. The molecule has 190 valence electrons. The summed E-state index contributed by atoms with van der Waals surface area (Å²) in [6.07, 6.45) is 1.55. The smallest absolute Gasteiger partial charge is 0.254 e. The fourth-order valence-corrected chi connectivity index (χ4v) is 5.79. The van der Waals surface area contributed by atoms with Gasteiger partial charge in [0.1, 0.15) is 0 Å². The summed E-state index contributed by atoms with van der Waals surface area (Å²) in [5.41, 5.74) is 2.72. The van der Waals surface area contributed by atoms with E-state index in [-0.39, 0.29) is 30.2 Å². The predicted molar refractivity (Wildman–Crippen MR) is 138 cm³/mol. The number of hydrogen-bond donors (Lipinski definition) is 0. The van der Waals surface area contributed by atoms with Gasteiger partial charge in [0.05, 0.1) is 30.7 Å². The minimum atomic E-state index is -3.75. The average molecular weight is 518 g/mol. The SMILES string of the molecule is CCN(Cc1cnc(S(=O)(=O)Cc2ccccc2)n1Cc1ccccc1)C(=O)c1ccc2c(c1)OCO2. The van der Waals surface area contributed by atoms with E-state index in [4.69, 9.17) is 9.47 Å². The standard InChI is InChI=1S/C28H27N3O5S/c1-2-30(27(32)23-13-14-25-26(15-23)36-20-35-25)18-24-16-29-28(31(24)17-21-9-5-3-6-10-21)37(33,34)19-22-11-7-4-8-12-22/h3-16H,2,17-20H2,1H3. The summed E-state index contributed by atoms with van der Waals surface area (Å²) in [7, 11) is -3.75. The van der Waals surface area contributed by atoms with Crippen LogP contribution in [0.2, 0.25) is 0 Å². The van der Waals surface area contributed by atoms with Crippen molar-refractivity contribution in [3.05, 3.63) is 107 Å². The molecule has 1 aliphatic rings. The molecule has 1 amide bonds. The first-order chi connectivity index (χ1) is 17.9. The van der Waals surface area contributed by atoms with Crippen LogP contribution in [0.4, 0.5) is 0 Å². The quantitative estimate of drug-likeness (QED) is 0.329. The molecule has 8 nitrogen and oxygen atoms in total. The van der Waals surface area contributed by atoms with Crippen molar-refractivity contribution in [3.8, 4) is 11.5 Å². The minimum absolute atomic E-state index is 0.0122. The van der Waals surface area contributed by atoms with Crippen molar-refractivity contribution in [3.63, 3.8) is 0 Å². The lowest BCUT2D eigenvalue weighted by molar-refractivity contribution is 0.0748. The molecule has 5 rings (SSSR count). The van der Waals surface area contributed by atoms with Gasteiger partial charge in [0.2, 0.25) is 21.8 Å². The maximum absolute atomic E-state index is 13.5. The highest BCUT2D eigenvalue weighted by Gasteiger charge is 2.26. The van der Waals surface area contributed by atoms with E-state index >= 15 is 0 Å². The lowest BCUT2D eigenvalue weighted by Crippen LogP contribution is -2.31. The zero-order chi connectivity index (χ0) is 25.8. The Balaban J connectivity index is 1.47. The molecule has 9 heteroatoms. The molecular formula is C28H27N3O5S. The third kappa shape index (κ3) is 5.36. The molecule has 1 aliphatic heterocycles. The second-order valence-electron chi connectivity index (χ2n) is 8.74. The predicted octanol–water partition coefficient (Wildman–Crippen LogP) is 4.30. The number of sulfone groups is 1. The Bertz CT molecular complexity index is 1500. The van der Waals surface area contributed by atoms with Gasteiger partial charge in [-0.05, 0) is 36.2 Å². The summed E-state index contributed by atoms with van der Waals surface area (Å²) in [6, 6.07) is 23.7. The normalized spacial score (nSPS) is 12.5. The maximum atomic E-state index is 13.5. The molecular weight excluding hydrogens is 490 g/mol. The molecule has 0 aliphatic carbocycles. The van der Waals surface area contributed by atoms with E-state index in [1.54, 1.807) is 46.0 Å². The largest absolute Gasteiger partial charge is 0.454 e. The Morgan fingerprint density at radius 3 is 2.32 bits per heavy atom. The molecule has 37 heavy (non-hydrogen) atoms. The van der Waals surface area contributed by atoms with Crippen LogP contribution in [0, 0.1) is 0 Å². The molecule has 0 unspecified atom stereocenters. The number of imidazole rings is 1. The van der Waals surface area contributed by atoms with E-state index < -0.39 is 9.84 Å². The third-order valence-electron chi connectivity index (χ3n) is 6.20. The van der Waals surface area contributed by atoms with E-state index in [0.29, 0.717) is 41.4 Å². The summed E-state index contributed by atoms with van der Waals surface area (Å²) in [5.74, 6) is 0.785. The molecule has 1 aromatic heterocycles. The van der Waals surface area contributed by atoms with Crippen LogP contribution in [0.1, 0.15) is 34.1 Å². The van der Waals surface area contributed by atoms with Crippen LogP contribution in [0.25, 0.3) is 0 Å². The minimum Gasteiger partial charge on any atom is -0.454 e. The molecule has 3 aromatic carbocycles. The van der Waals surface area contributed by atoms with Gasteiger partial charge < -0.3 is 18.9 Å². The van der Waals surface area contributed by atoms with E-state index in [1.807, 2.05) is 55.5 Å². The first-order valence-electron chi connectivity index (χ1n) is 12.0. The van der Waals surface area contributed by atoms with Gasteiger partial charge in [0, 0.05) is 12.1 Å². The zero-order valence-electron chi connectivity index (χ0n) is 20.4. The Hall–Kier alpha value is -4.11. The molecule has 0 bridgehead atoms. The fraction of sp³-hybridized carbons (Fsp3) is 0.214. The first-order valence-corrected chi connectivity index (χ1v) is 13.6. The Morgan fingerprint density at radius 1 is 0.946 bits per heavy atom. The van der Waals surface area contributed by atoms with Crippen LogP contribution < -0.4 is 9.47 Å². The topological polar surface area (TPSA) is 90.7 Å². The molecule has 2 heterocycles. The van der Waals surface area contributed by atoms with Gasteiger partial charge in [-0.1, -0.05) is 60.7 Å². The lowest BCUT2D eigenvalue weighted by atomic mass is 10.1. The van der Waals surface area contributed by atoms with Gasteiger partial charge in [-0.3, -0.25) is 4.79 Å². The molecule has 0 fully saturated rings. The summed E-state index contributed by atoms with van der Waals surface area (Å²) in [5, 5.41) is -0.0122. The number of rotatable bonds is 9. The Labute approximate surface area is 216 Å². The molecule has 0 atom stereocenters. The number of carbonyl (C=O) groups excluding carboxylic acids is 1. The summed E-state index contributed by atoms with van der Waals surface area (Å²) < 4.78 is 39.4. The number of ether oxygens (including phenoxy) is 2. The van der Waals surface area contributed by atoms with E-state index in [1.165, 1.54) is 0 Å². The van der Waals surface area contributed by atoms with E-state index in [0.717, 1.165) is 5.56 Å². The maximum Gasteiger partial charge on any atom is 0.254 e. The van der Waals surface area contributed by atoms with Crippen molar-refractivity contribution in [2.45, 2.75) is 30.9 Å². The van der Waals surface area contributed by atoms with Gasteiger partial charge in [-0.15, -0.1) is 0 Å². The van der Waals surface area contributed by atoms with Crippen molar-refractivity contribution < 1.29 is 22.7 Å². The molecule has 0 saturated heterocycles. The van der Waals surface area contributed by atoms with Crippen molar-refractivity contribution >= 4 is 15.7 Å². The van der Waals surface area contributed by atoms with Gasteiger partial charge in [0.15, 0.2) is 11.5 Å². The van der Waals surface area contributed by atoms with Crippen molar-refractivity contribution in [1.82, 2.24) is 14.5 Å². The molecule has 4 aromatic rings. The molecule has 0 radical (unpaired) electrons. The van der Waals surface area contributed by atoms with Gasteiger partial charge in [0.25, 0.3) is 5.91 Å². The molecule has 0 saturated carbocycles. The van der Waals surface area contributed by atoms with Crippen LogP contribution in [0.3, 0.4) is 0 Å². The number of amides is 1. The highest BCUT2D eigenvalue weighted by molar-refractivity contribution is 7.90. The summed E-state index contributed by atoms with van der Waals surface area (Å²) in [6.45, 7) is 2.95. The second-order valence-corrected chi connectivity index (χ2v) is 10.6. The number of nitrogens with zero attached hydrogens (tertiary/aromatic N) is 3. The number of aromatic nitrogens is 2. The average Bonchev–Trinajstić information content (AvgIpc) is 3.54. The number of fused-ring (bicyclic) bond motifs is 1. The van der Waals surface area contributed by atoms with Crippen LogP contribution in [0.5, 0.6) is 11.5 Å². The van der Waals surface area contributed by atoms with Crippen molar-refractivity contribution in [2.24, 2.45) is 0 Å². The van der Waals surface area contributed by atoms with E-state index in [9.17, 15) is 13.2 Å². The van der Waals surface area contributed by atoms with Gasteiger partial charge in [-0.25, -0.2) is 13.4 Å². The number of benzene rings is 3. The highest BCUT2D eigenvalue weighted by Crippen LogP contribution is 2.33. The van der Waals surface area contributed by atoms with Crippen LogP contribution in [-0.4, -0.2) is 42.1 Å². The fourth-order valence-electron chi connectivity index (χ4n) is 4.29. The number of carbonyl (C=O) groups is 1. The number of hydrogen-bond acceptors (Lipinski definition) is 6.